The lowest BCUT2D eigenvalue weighted by molar-refractivity contribution is -0.384. The van der Waals surface area contributed by atoms with Gasteiger partial charge in [0.05, 0.1) is 28.6 Å². The zero-order chi connectivity index (χ0) is 24.2. The molecule has 2 amide bonds. The quantitative estimate of drug-likeness (QED) is 0.390. The molecule has 1 saturated carbocycles. The van der Waals surface area contributed by atoms with Gasteiger partial charge in [0.25, 0.3) is 5.69 Å². The minimum atomic E-state index is -1.58. The normalized spacial score (nSPS) is 32.5. The van der Waals surface area contributed by atoms with Crippen LogP contribution in [-0.2, 0) is 14.3 Å². The Labute approximate surface area is 196 Å². The summed E-state index contributed by atoms with van der Waals surface area (Å²) < 4.78 is 6.22. The lowest BCUT2D eigenvalue weighted by atomic mass is 9.63. The SMILES string of the molecule is CCC[C@H]1C[C@@H]2C(=O)N(c3cccc([N+](=O)[O-])c3)C(=O)[C@@H]2[C@@H]2C[C@@H](c3cccc(O)c3)O[C@]12O. The number of rotatable bonds is 5. The summed E-state index contributed by atoms with van der Waals surface area (Å²) in [5.74, 6) is -4.72. The number of imide groups is 1. The van der Waals surface area contributed by atoms with Crippen LogP contribution in [0.25, 0.3) is 0 Å². The van der Waals surface area contributed by atoms with Gasteiger partial charge in [-0.25, -0.2) is 4.90 Å². The van der Waals surface area contributed by atoms with E-state index in [1.54, 1.807) is 24.3 Å². The number of nitro benzene ring substituents is 1. The third-order valence-electron chi connectivity index (χ3n) is 7.54. The van der Waals surface area contributed by atoms with Crippen molar-refractivity contribution in [1.29, 1.82) is 0 Å². The van der Waals surface area contributed by atoms with Gasteiger partial charge in [0, 0.05) is 24.0 Å². The van der Waals surface area contributed by atoms with Crippen LogP contribution >= 0.6 is 0 Å². The van der Waals surface area contributed by atoms with Crippen molar-refractivity contribution in [3.63, 3.8) is 0 Å². The number of nitrogens with zero attached hydrogens (tertiary/aromatic N) is 2. The summed E-state index contributed by atoms with van der Waals surface area (Å²) in [5, 5.41) is 32.9. The maximum absolute atomic E-state index is 13.6. The Kier molecular flexibility index (Phi) is 5.41. The first kappa shape index (κ1) is 22.5. The summed E-state index contributed by atoms with van der Waals surface area (Å²) in [6.45, 7) is 1.99. The van der Waals surface area contributed by atoms with Crippen LogP contribution in [0.15, 0.2) is 48.5 Å². The molecule has 178 valence electrons. The number of carbonyl (C=O) groups excluding carboxylic acids is 2. The molecule has 2 saturated heterocycles. The number of hydrogen-bond donors (Lipinski definition) is 2. The number of phenols is 1. The molecule has 2 aromatic carbocycles. The molecule has 2 aromatic rings. The Morgan fingerprint density at radius 3 is 2.62 bits per heavy atom. The third-order valence-corrected chi connectivity index (χ3v) is 7.54. The van der Waals surface area contributed by atoms with E-state index in [-0.39, 0.29) is 28.9 Å². The van der Waals surface area contributed by atoms with Crippen LogP contribution in [0, 0.1) is 33.8 Å². The summed E-state index contributed by atoms with van der Waals surface area (Å²) in [7, 11) is 0. The highest BCUT2D eigenvalue weighted by Gasteiger charge is 2.66. The molecule has 3 fully saturated rings. The van der Waals surface area contributed by atoms with E-state index in [0.717, 1.165) is 11.3 Å². The van der Waals surface area contributed by atoms with Crippen LogP contribution in [0.1, 0.15) is 44.3 Å². The molecule has 2 N–H and O–H groups in total. The van der Waals surface area contributed by atoms with Crippen molar-refractivity contribution < 1.29 is 29.5 Å². The van der Waals surface area contributed by atoms with Gasteiger partial charge in [-0.15, -0.1) is 0 Å². The standard InChI is InChI=1S/C25H26N2O7/c1-2-5-15-11-19-22(20-13-21(34-25(15,20)31)14-6-3-9-18(28)10-14)24(30)26(23(19)29)16-7-4-8-17(12-16)27(32)33/h3-4,6-10,12,15,19-22,28,31H,2,5,11,13H2,1H3/t15-,19-,20-,21-,22-,25+/m0/s1. The predicted octanol–water partition coefficient (Wildman–Crippen LogP) is 3.69. The molecule has 6 atom stereocenters. The average Bonchev–Trinajstić information content (AvgIpc) is 3.29. The monoisotopic (exact) mass is 466 g/mol. The molecule has 5 rings (SSSR count). The van der Waals surface area contributed by atoms with E-state index in [1.165, 1.54) is 24.3 Å². The molecule has 2 aliphatic heterocycles. The number of benzene rings is 2. The van der Waals surface area contributed by atoms with Crippen molar-refractivity contribution in [2.75, 3.05) is 4.90 Å². The summed E-state index contributed by atoms with van der Waals surface area (Å²) in [6.07, 6.45) is 1.49. The molecule has 0 unspecified atom stereocenters. The molecular weight excluding hydrogens is 440 g/mol. The van der Waals surface area contributed by atoms with Gasteiger partial charge in [-0.1, -0.05) is 31.5 Å². The van der Waals surface area contributed by atoms with Crippen LogP contribution in [-0.4, -0.2) is 32.7 Å². The number of ether oxygens (including phenoxy) is 1. The van der Waals surface area contributed by atoms with Crippen molar-refractivity contribution in [2.24, 2.45) is 23.7 Å². The highest BCUT2D eigenvalue weighted by molar-refractivity contribution is 6.22. The van der Waals surface area contributed by atoms with Crippen molar-refractivity contribution in [3.05, 3.63) is 64.2 Å². The van der Waals surface area contributed by atoms with Crippen molar-refractivity contribution in [3.8, 4) is 5.75 Å². The fraction of sp³-hybridized carbons (Fsp3) is 0.440. The largest absolute Gasteiger partial charge is 0.508 e. The molecule has 0 bridgehead atoms. The van der Waals surface area contributed by atoms with Crippen LogP contribution in [0.5, 0.6) is 5.75 Å². The molecule has 0 spiro atoms. The van der Waals surface area contributed by atoms with Crippen molar-refractivity contribution >= 4 is 23.2 Å². The van der Waals surface area contributed by atoms with Crippen LogP contribution in [0.3, 0.4) is 0 Å². The third kappa shape index (κ3) is 3.38. The summed E-state index contributed by atoms with van der Waals surface area (Å²) in [4.78, 5) is 38.8. The maximum Gasteiger partial charge on any atom is 0.271 e. The summed E-state index contributed by atoms with van der Waals surface area (Å²) in [6, 6.07) is 12.1. The van der Waals surface area contributed by atoms with Gasteiger partial charge >= 0.3 is 0 Å². The van der Waals surface area contributed by atoms with E-state index in [2.05, 4.69) is 0 Å². The highest BCUT2D eigenvalue weighted by Crippen LogP contribution is 2.59. The fourth-order valence-electron chi connectivity index (χ4n) is 6.09. The Bertz CT molecular complexity index is 1170. The fourth-order valence-corrected chi connectivity index (χ4v) is 6.09. The number of phenolic OH excluding ortho intramolecular Hbond substituents is 1. The number of hydrogen-bond acceptors (Lipinski definition) is 7. The van der Waals surface area contributed by atoms with Gasteiger partial charge in [0.1, 0.15) is 5.75 Å². The van der Waals surface area contributed by atoms with Gasteiger partial charge in [0.2, 0.25) is 11.8 Å². The molecule has 9 nitrogen and oxygen atoms in total. The minimum absolute atomic E-state index is 0.0786. The zero-order valence-electron chi connectivity index (χ0n) is 18.7. The first-order valence-electron chi connectivity index (χ1n) is 11.6. The average molecular weight is 466 g/mol. The lowest BCUT2D eigenvalue weighted by Gasteiger charge is -2.44. The van der Waals surface area contributed by atoms with Gasteiger partial charge in [-0.2, -0.15) is 0 Å². The van der Waals surface area contributed by atoms with E-state index in [0.29, 0.717) is 24.8 Å². The second-order valence-electron chi connectivity index (χ2n) is 9.44. The number of nitro groups is 1. The molecule has 34 heavy (non-hydrogen) atoms. The number of amides is 2. The van der Waals surface area contributed by atoms with Crippen LogP contribution in [0.2, 0.25) is 0 Å². The van der Waals surface area contributed by atoms with Crippen LogP contribution in [0.4, 0.5) is 11.4 Å². The van der Waals surface area contributed by atoms with E-state index in [1.807, 2.05) is 6.92 Å². The molecule has 0 radical (unpaired) electrons. The Balaban J connectivity index is 1.53. The van der Waals surface area contributed by atoms with E-state index >= 15 is 0 Å². The van der Waals surface area contributed by atoms with Crippen LogP contribution < -0.4 is 4.90 Å². The second-order valence-corrected chi connectivity index (χ2v) is 9.44. The molecule has 1 aliphatic carbocycles. The van der Waals surface area contributed by atoms with Gasteiger partial charge < -0.3 is 14.9 Å². The summed E-state index contributed by atoms with van der Waals surface area (Å²) in [5.41, 5.74) is 0.654. The molecule has 3 aliphatic rings. The van der Waals surface area contributed by atoms with Gasteiger partial charge in [-0.3, -0.25) is 19.7 Å². The first-order valence-corrected chi connectivity index (χ1v) is 11.6. The molecule has 2 heterocycles. The first-order chi connectivity index (χ1) is 16.2. The Morgan fingerprint density at radius 2 is 1.91 bits per heavy atom. The smallest absolute Gasteiger partial charge is 0.271 e. The topological polar surface area (TPSA) is 130 Å². The molecule has 0 aromatic heterocycles. The Morgan fingerprint density at radius 1 is 1.15 bits per heavy atom. The van der Waals surface area contributed by atoms with Gasteiger partial charge in [-0.05, 0) is 43.0 Å². The molecular formula is C25H26N2O7. The summed E-state index contributed by atoms with van der Waals surface area (Å²) >= 11 is 0. The Hall–Kier alpha value is -3.30. The predicted molar refractivity (Wildman–Crippen MR) is 121 cm³/mol. The number of aliphatic hydroxyl groups is 1. The minimum Gasteiger partial charge on any atom is -0.508 e. The highest BCUT2D eigenvalue weighted by atomic mass is 16.6. The lowest BCUT2D eigenvalue weighted by Crippen LogP contribution is -2.53. The number of carbonyl (C=O) groups is 2. The van der Waals surface area contributed by atoms with Crippen molar-refractivity contribution in [1.82, 2.24) is 0 Å². The second kappa shape index (κ2) is 8.18. The number of non-ortho nitro benzene ring substituents is 1. The number of aromatic hydroxyl groups is 1. The van der Waals surface area contributed by atoms with Gasteiger partial charge in [0.15, 0.2) is 5.79 Å². The van der Waals surface area contributed by atoms with E-state index in [9.17, 15) is 29.9 Å². The van der Waals surface area contributed by atoms with E-state index < -0.39 is 40.5 Å². The van der Waals surface area contributed by atoms with E-state index in [4.69, 9.17) is 4.74 Å². The zero-order valence-corrected chi connectivity index (χ0v) is 18.7. The number of fused-ring (bicyclic) bond motifs is 3. The number of anilines is 1. The van der Waals surface area contributed by atoms with Crippen molar-refractivity contribution in [2.45, 2.75) is 44.5 Å². The molecule has 9 heteroatoms. The maximum atomic E-state index is 13.6.